The van der Waals surface area contributed by atoms with E-state index in [1.165, 1.54) is 16.0 Å². The summed E-state index contributed by atoms with van der Waals surface area (Å²) in [5.74, 6) is 0.870. The summed E-state index contributed by atoms with van der Waals surface area (Å²) in [6.45, 7) is 4.25. The van der Waals surface area contributed by atoms with Gasteiger partial charge in [0.1, 0.15) is 24.4 Å². The van der Waals surface area contributed by atoms with Crippen LogP contribution < -0.4 is 15.3 Å². The van der Waals surface area contributed by atoms with Crippen molar-refractivity contribution in [1.82, 2.24) is 0 Å². The number of aryl methyl sites for hydroxylation is 2. The van der Waals surface area contributed by atoms with Crippen molar-refractivity contribution in [3.8, 4) is 5.75 Å². The number of hydrogen-bond donors (Lipinski definition) is 1. The summed E-state index contributed by atoms with van der Waals surface area (Å²) in [6.07, 6.45) is 3.96. The van der Waals surface area contributed by atoms with Gasteiger partial charge in [0.15, 0.2) is 0 Å². The third-order valence-corrected chi connectivity index (χ3v) is 6.40. The number of rotatable bonds is 2. The highest BCUT2D eigenvalue weighted by molar-refractivity contribution is 6.31. The van der Waals surface area contributed by atoms with E-state index in [9.17, 15) is 4.79 Å². The Morgan fingerprint density at radius 1 is 1.14 bits per heavy atom. The summed E-state index contributed by atoms with van der Waals surface area (Å²) in [6, 6.07) is 10.2. The Labute approximate surface area is 168 Å². The van der Waals surface area contributed by atoms with Crippen LogP contribution in [0.3, 0.4) is 0 Å². The molecule has 5 heteroatoms. The molecular formula is C23H23ClNO3+. The zero-order valence-electron chi connectivity index (χ0n) is 15.9. The van der Waals surface area contributed by atoms with E-state index in [-0.39, 0.29) is 5.63 Å². The molecule has 1 aliphatic heterocycles. The molecule has 1 aromatic heterocycles. The topological polar surface area (TPSA) is 43.9 Å². The highest BCUT2D eigenvalue weighted by atomic mass is 35.5. The lowest BCUT2D eigenvalue weighted by atomic mass is 9.89. The molecule has 28 heavy (non-hydrogen) atoms. The summed E-state index contributed by atoms with van der Waals surface area (Å²) in [5, 5.41) is 1.89. The fourth-order valence-electron chi connectivity index (χ4n) is 4.64. The minimum absolute atomic E-state index is 0.174. The Bertz CT molecular complexity index is 1130. The van der Waals surface area contributed by atoms with Gasteiger partial charge in [-0.3, -0.25) is 4.90 Å². The first kappa shape index (κ1) is 17.8. The van der Waals surface area contributed by atoms with Crippen molar-refractivity contribution in [1.29, 1.82) is 0 Å². The first-order valence-electron chi connectivity index (χ1n) is 9.92. The number of nitrogens with one attached hydrogen (secondary N) is 1. The number of fused-ring (bicyclic) bond motifs is 4. The van der Waals surface area contributed by atoms with E-state index >= 15 is 0 Å². The lowest BCUT2D eigenvalue weighted by Crippen LogP contribution is -3.10. The quantitative estimate of drug-likeness (QED) is 0.673. The average molecular weight is 397 g/mol. The van der Waals surface area contributed by atoms with E-state index in [2.05, 4.69) is 12.1 Å². The van der Waals surface area contributed by atoms with Crippen LogP contribution in [0.5, 0.6) is 5.75 Å². The van der Waals surface area contributed by atoms with Crippen LogP contribution in [0.4, 0.5) is 0 Å². The minimum atomic E-state index is -0.174. The van der Waals surface area contributed by atoms with Crippen LogP contribution in [0.1, 0.15) is 40.7 Å². The molecular weight excluding hydrogens is 374 g/mol. The molecule has 0 saturated heterocycles. The summed E-state index contributed by atoms with van der Waals surface area (Å²) in [5.41, 5.74) is 5.82. The average Bonchev–Trinajstić information content (AvgIpc) is 2.71. The number of hydrogen-bond acceptors (Lipinski definition) is 3. The molecule has 1 N–H and O–H groups in total. The molecule has 1 unspecified atom stereocenters. The molecule has 2 aromatic carbocycles. The zero-order valence-corrected chi connectivity index (χ0v) is 16.7. The van der Waals surface area contributed by atoms with Gasteiger partial charge in [0, 0.05) is 32.7 Å². The third-order valence-electron chi connectivity index (χ3n) is 6.03. The molecule has 5 rings (SSSR count). The molecule has 0 spiro atoms. The van der Waals surface area contributed by atoms with Crippen LogP contribution in [0.2, 0.25) is 5.02 Å². The van der Waals surface area contributed by atoms with Crippen molar-refractivity contribution < 1.29 is 14.1 Å². The molecule has 144 valence electrons. The van der Waals surface area contributed by atoms with Crippen LogP contribution in [-0.4, -0.2) is 6.73 Å². The van der Waals surface area contributed by atoms with Gasteiger partial charge >= 0.3 is 5.63 Å². The van der Waals surface area contributed by atoms with E-state index < -0.39 is 0 Å². The molecule has 4 nitrogen and oxygen atoms in total. The van der Waals surface area contributed by atoms with Gasteiger partial charge in [0.2, 0.25) is 6.73 Å². The van der Waals surface area contributed by atoms with Crippen molar-refractivity contribution in [3.05, 3.63) is 73.6 Å². The lowest BCUT2D eigenvalue weighted by molar-refractivity contribution is -0.945. The smallest absolute Gasteiger partial charge is 0.339 e. The molecule has 3 aromatic rings. The summed E-state index contributed by atoms with van der Waals surface area (Å²) in [4.78, 5) is 13.8. The van der Waals surface area contributed by atoms with Crippen LogP contribution in [-0.2, 0) is 25.9 Å². The predicted molar refractivity (Wildman–Crippen MR) is 109 cm³/mol. The molecule has 0 fully saturated rings. The van der Waals surface area contributed by atoms with E-state index in [0.717, 1.165) is 71.6 Å². The monoisotopic (exact) mass is 396 g/mol. The van der Waals surface area contributed by atoms with Gasteiger partial charge in [-0.25, -0.2) is 4.79 Å². The Balaban J connectivity index is 1.56. The lowest BCUT2D eigenvalue weighted by Gasteiger charge is -2.28. The Morgan fingerprint density at radius 2 is 1.93 bits per heavy atom. The van der Waals surface area contributed by atoms with Crippen molar-refractivity contribution >= 4 is 22.6 Å². The second-order valence-electron chi connectivity index (χ2n) is 7.90. The maximum atomic E-state index is 12.5. The van der Waals surface area contributed by atoms with Crippen molar-refractivity contribution in [2.45, 2.75) is 45.7 Å². The molecule has 0 saturated carbocycles. The van der Waals surface area contributed by atoms with Crippen LogP contribution in [0.15, 0.2) is 39.5 Å². The molecule has 2 heterocycles. The maximum Gasteiger partial charge on any atom is 0.339 e. The molecule has 1 aliphatic carbocycles. The second-order valence-corrected chi connectivity index (χ2v) is 8.31. The first-order valence-corrected chi connectivity index (χ1v) is 10.3. The number of ether oxygens (including phenoxy) is 1. The normalized spacial score (nSPS) is 18.4. The van der Waals surface area contributed by atoms with E-state index in [0.29, 0.717) is 12.3 Å². The number of benzene rings is 2. The highest BCUT2D eigenvalue weighted by Gasteiger charge is 2.27. The molecule has 0 bridgehead atoms. The number of halogens is 1. The number of quaternary nitrogens is 1. The van der Waals surface area contributed by atoms with E-state index in [4.69, 9.17) is 20.8 Å². The zero-order chi connectivity index (χ0) is 19.3. The van der Waals surface area contributed by atoms with Gasteiger partial charge in [0.25, 0.3) is 0 Å². The van der Waals surface area contributed by atoms with Gasteiger partial charge < -0.3 is 9.15 Å². The highest BCUT2D eigenvalue weighted by Crippen LogP contribution is 2.36. The van der Waals surface area contributed by atoms with Crippen molar-refractivity contribution in [3.63, 3.8) is 0 Å². The van der Waals surface area contributed by atoms with Gasteiger partial charge in [-0.2, -0.15) is 0 Å². The fraction of sp³-hybridized carbons (Fsp3) is 0.348. The van der Waals surface area contributed by atoms with Gasteiger partial charge in [-0.15, -0.1) is 0 Å². The molecule has 2 aliphatic rings. The SMILES string of the molecule is Cc1c2c(cc3c4c(c(=O)oc13)CCCC4)C[NH+](Cc1ccccc1Cl)CO2. The van der Waals surface area contributed by atoms with Gasteiger partial charge in [-0.05, 0) is 50.3 Å². The van der Waals surface area contributed by atoms with Crippen molar-refractivity contribution in [2.75, 3.05) is 6.73 Å². The second kappa shape index (κ2) is 6.94. The van der Waals surface area contributed by atoms with E-state index in [1.807, 2.05) is 25.1 Å². The summed E-state index contributed by atoms with van der Waals surface area (Å²) < 4.78 is 11.9. The first-order chi connectivity index (χ1) is 13.6. The summed E-state index contributed by atoms with van der Waals surface area (Å²) >= 11 is 6.35. The standard InChI is InChI=1S/C23H22ClNO3/c1-14-21-16(12-25(13-27-21)11-15-6-2-5-9-20(15)24)10-19-17-7-3-4-8-18(17)23(26)28-22(14)19/h2,5-6,9-10H,3-4,7-8,11-13H2,1H3/p+1. The van der Waals surface area contributed by atoms with Crippen LogP contribution >= 0.6 is 11.6 Å². The molecule has 0 amide bonds. The molecule has 1 atom stereocenters. The summed E-state index contributed by atoms with van der Waals surface area (Å²) in [7, 11) is 0. The Morgan fingerprint density at radius 3 is 2.75 bits per heavy atom. The van der Waals surface area contributed by atoms with Crippen molar-refractivity contribution in [2.24, 2.45) is 0 Å². The largest absolute Gasteiger partial charge is 0.444 e. The predicted octanol–water partition coefficient (Wildman–Crippen LogP) is 3.57. The Kier molecular flexibility index (Phi) is 4.41. The third kappa shape index (κ3) is 2.92. The Hall–Kier alpha value is -2.30. The van der Waals surface area contributed by atoms with E-state index in [1.54, 1.807) is 0 Å². The maximum absolute atomic E-state index is 12.5. The van der Waals surface area contributed by atoms with Crippen LogP contribution in [0, 0.1) is 6.92 Å². The fourth-order valence-corrected chi connectivity index (χ4v) is 4.84. The van der Waals surface area contributed by atoms with Gasteiger partial charge in [-0.1, -0.05) is 29.8 Å². The minimum Gasteiger partial charge on any atom is -0.444 e. The van der Waals surface area contributed by atoms with Crippen LogP contribution in [0.25, 0.3) is 11.0 Å². The molecule has 0 radical (unpaired) electrons. The van der Waals surface area contributed by atoms with Gasteiger partial charge in [0.05, 0.1) is 0 Å².